The molecule has 1 amide bonds. The van der Waals surface area contributed by atoms with Gasteiger partial charge in [-0.15, -0.1) is 0 Å². The van der Waals surface area contributed by atoms with E-state index in [0.717, 1.165) is 24.2 Å². The van der Waals surface area contributed by atoms with Gasteiger partial charge in [0.25, 0.3) is 5.91 Å². The van der Waals surface area contributed by atoms with Gasteiger partial charge in [-0.05, 0) is 31.4 Å². The molecular weight excluding hydrogens is 270 g/mol. The summed E-state index contributed by atoms with van der Waals surface area (Å²) in [6.45, 7) is 2.34. The minimum atomic E-state index is -0.167. The Morgan fingerprint density at radius 2 is 2.38 bits per heavy atom. The molecule has 2 aromatic heterocycles. The molecule has 1 fully saturated rings. The molecule has 0 aliphatic carbocycles. The van der Waals surface area contributed by atoms with Gasteiger partial charge >= 0.3 is 0 Å². The summed E-state index contributed by atoms with van der Waals surface area (Å²) in [6, 6.07) is 3.68. The first-order chi connectivity index (χ1) is 10.2. The average molecular weight is 287 g/mol. The highest BCUT2D eigenvalue weighted by Crippen LogP contribution is 2.29. The molecule has 3 rings (SSSR count). The fourth-order valence-electron chi connectivity index (χ4n) is 2.44. The van der Waals surface area contributed by atoms with Gasteiger partial charge in [0.2, 0.25) is 0 Å². The minimum Gasteiger partial charge on any atom is -0.365 e. The SMILES string of the molecule is Cc1cccnc1C(=O)NC[C@H]1CC[C@@H](c2ncn[nH]2)O1. The standard InChI is InChI=1S/C14H17N5O2/c1-9-3-2-6-15-12(9)14(20)16-7-10-4-5-11(21-10)13-17-8-18-19-13/h2-3,6,8,10-11H,4-5,7H2,1H3,(H,16,20)(H,17,18,19)/t10-,11+/m1/s1. The predicted octanol–water partition coefficient (Wildman–Crippen LogP) is 1.16. The summed E-state index contributed by atoms with van der Waals surface area (Å²) in [7, 11) is 0. The number of aryl methyl sites for hydroxylation is 1. The number of ether oxygens (including phenoxy) is 1. The Morgan fingerprint density at radius 1 is 1.48 bits per heavy atom. The summed E-state index contributed by atoms with van der Waals surface area (Å²) >= 11 is 0. The number of carbonyl (C=O) groups excluding carboxylic acids is 1. The summed E-state index contributed by atoms with van der Waals surface area (Å²) in [5.74, 6) is 0.573. The number of pyridine rings is 1. The van der Waals surface area contributed by atoms with Crippen molar-refractivity contribution in [2.75, 3.05) is 6.54 Å². The van der Waals surface area contributed by atoms with Crippen LogP contribution < -0.4 is 5.32 Å². The van der Waals surface area contributed by atoms with E-state index in [1.165, 1.54) is 6.33 Å². The van der Waals surface area contributed by atoms with E-state index in [4.69, 9.17) is 4.74 Å². The first-order valence-electron chi connectivity index (χ1n) is 6.94. The summed E-state index contributed by atoms with van der Waals surface area (Å²) in [5.41, 5.74) is 1.32. The van der Waals surface area contributed by atoms with Crippen molar-refractivity contribution in [2.24, 2.45) is 0 Å². The Labute approximate surface area is 122 Å². The van der Waals surface area contributed by atoms with Gasteiger partial charge < -0.3 is 10.1 Å². The quantitative estimate of drug-likeness (QED) is 0.880. The molecule has 3 heterocycles. The molecule has 2 atom stereocenters. The average Bonchev–Trinajstić information content (AvgIpc) is 3.16. The van der Waals surface area contributed by atoms with Crippen LogP contribution in [0.25, 0.3) is 0 Å². The van der Waals surface area contributed by atoms with Gasteiger partial charge in [-0.3, -0.25) is 14.9 Å². The van der Waals surface area contributed by atoms with Crippen molar-refractivity contribution < 1.29 is 9.53 Å². The Bertz CT molecular complexity index is 614. The van der Waals surface area contributed by atoms with E-state index in [9.17, 15) is 4.79 Å². The molecule has 1 aliphatic heterocycles. The van der Waals surface area contributed by atoms with Crippen LogP contribution in [0.5, 0.6) is 0 Å². The number of amides is 1. The van der Waals surface area contributed by atoms with Gasteiger partial charge in [0.1, 0.15) is 18.1 Å². The lowest BCUT2D eigenvalue weighted by Gasteiger charge is -2.13. The summed E-state index contributed by atoms with van der Waals surface area (Å²) in [6.07, 6.45) is 4.77. The molecule has 7 nitrogen and oxygen atoms in total. The zero-order valence-electron chi connectivity index (χ0n) is 11.7. The molecule has 7 heteroatoms. The summed E-state index contributed by atoms with van der Waals surface area (Å²) in [5, 5.41) is 9.51. The normalized spacial score (nSPS) is 21.4. The molecule has 2 aromatic rings. The lowest BCUT2D eigenvalue weighted by molar-refractivity contribution is 0.0392. The molecule has 2 N–H and O–H groups in total. The Balaban J connectivity index is 1.52. The van der Waals surface area contributed by atoms with E-state index in [2.05, 4.69) is 25.5 Å². The van der Waals surface area contributed by atoms with Gasteiger partial charge in [0.15, 0.2) is 5.82 Å². The van der Waals surface area contributed by atoms with Crippen LogP contribution in [0, 0.1) is 6.92 Å². The molecule has 1 aliphatic rings. The van der Waals surface area contributed by atoms with Gasteiger partial charge in [0.05, 0.1) is 6.10 Å². The third kappa shape index (κ3) is 3.08. The number of hydrogen-bond acceptors (Lipinski definition) is 5. The van der Waals surface area contributed by atoms with Crippen molar-refractivity contribution in [1.82, 2.24) is 25.5 Å². The number of carbonyl (C=O) groups is 1. The molecule has 21 heavy (non-hydrogen) atoms. The van der Waals surface area contributed by atoms with Crippen LogP contribution in [-0.2, 0) is 4.74 Å². The lowest BCUT2D eigenvalue weighted by Crippen LogP contribution is -2.32. The second-order valence-electron chi connectivity index (χ2n) is 5.07. The number of aromatic amines is 1. The zero-order chi connectivity index (χ0) is 14.7. The molecule has 1 saturated heterocycles. The second kappa shape index (κ2) is 6.01. The van der Waals surface area contributed by atoms with Crippen molar-refractivity contribution in [3.63, 3.8) is 0 Å². The minimum absolute atomic E-state index is 0.00642. The molecule has 0 unspecified atom stereocenters. The van der Waals surface area contributed by atoms with E-state index >= 15 is 0 Å². The first-order valence-corrected chi connectivity index (χ1v) is 6.94. The molecule has 0 saturated carbocycles. The maximum Gasteiger partial charge on any atom is 0.270 e. The largest absolute Gasteiger partial charge is 0.365 e. The molecule has 110 valence electrons. The van der Waals surface area contributed by atoms with Crippen molar-refractivity contribution in [3.8, 4) is 0 Å². The van der Waals surface area contributed by atoms with Crippen molar-refractivity contribution in [3.05, 3.63) is 41.7 Å². The van der Waals surface area contributed by atoms with E-state index in [1.807, 2.05) is 19.1 Å². The van der Waals surface area contributed by atoms with Crippen LogP contribution in [0.1, 0.15) is 40.8 Å². The molecule has 0 spiro atoms. The van der Waals surface area contributed by atoms with Crippen LogP contribution in [-0.4, -0.2) is 38.7 Å². The number of nitrogens with one attached hydrogen (secondary N) is 2. The van der Waals surface area contributed by atoms with Gasteiger partial charge in [-0.1, -0.05) is 6.07 Å². The van der Waals surface area contributed by atoms with Crippen LogP contribution in [0.15, 0.2) is 24.7 Å². The Hall–Kier alpha value is -2.28. The van der Waals surface area contributed by atoms with E-state index in [0.29, 0.717) is 12.2 Å². The van der Waals surface area contributed by atoms with E-state index in [-0.39, 0.29) is 18.1 Å². The highest BCUT2D eigenvalue weighted by molar-refractivity contribution is 5.93. The Morgan fingerprint density at radius 3 is 3.14 bits per heavy atom. The maximum absolute atomic E-state index is 12.1. The van der Waals surface area contributed by atoms with Crippen molar-refractivity contribution in [1.29, 1.82) is 0 Å². The molecule has 0 radical (unpaired) electrons. The highest BCUT2D eigenvalue weighted by Gasteiger charge is 2.28. The van der Waals surface area contributed by atoms with Crippen LogP contribution in [0.4, 0.5) is 0 Å². The second-order valence-corrected chi connectivity index (χ2v) is 5.07. The third-order valence-corrected chi connectivity index (χ3v) is 3.56. The number of hydrogen-bond donors (Lipinski definition) is 2. The fraction of sp³-hybridized carbons (Fsp3) is 0.429. The predicted molar refractivity (Wildman–Crippen MR) is 74.5 cm³/mol. The molecular formula is C14H17N5O2. The van der Waals surface area contributed by atoms with Crippen molar-refractivity contribution >= 4 is 5.91 Å². The fourth-order valence-corrected chi connectivity index (χ4v) is 2.44. The van der Waals surface area contributed by atoms with Gasteiger partial charge in [-0.25, -0.2) is 4.98 Å². The zero-order valence-corrected chi connectivity index (χ0v) is 11.7. The third-order valence-electron chi connectivity index (χ3n) is 3.56. The summed E-state index contributed by atoms with van der Waals surface area (Å²) in [4.78, 5) is 20.3. The summed E-state index contributed by atoms with van der Waals surface area (Å²) < 4.78 is 5.85. The van der Waals surface area contributed by atoms with Crippen LogP contribution in [0.2, 0.25) is 0 Å². The number of nitrogens with zero attached hydrogens (tertiary/aromatic N) is 3. The topological polar surface area (TPSA) is 92.8 Å². The van der Waals surface area contributed by atoms with Gasteiger partial charge in [-0.2, -0.15) is 5.10 Å². The van der Waals surface area contributed by atoms with E-state index < -0.39 is 0 Å². The highest BCUT2D eigenvalue weighted by atomic mass is 16.5. The Kier molecular flexibility index (Phi) is 3.92. The first kappa shape index (κ1) is 13.7. The van der Waals surface area contributed by atoms with Gasteiger partial charge in [0, 0.05) is 12.7 Å². The van der Waals surface area contributed by atoms with Crippen molar-refractivity contribution in [2.45, 2.75) is 32.0 Å². The van der Waals surface area contributed by atoms with E-state index in [1.54, 1.807) is 6.20 Å². The smallest absolute Gasteiger partial charge is 0.270 e. The maximum atomic E-state index is 12.1. The van der Waals surface area contributed by atoms with Crippen LogP contribution in [0.3, 0.4) is 0 Å². The lowest BCUT2D eigenvalue weighted by atomic mass is 10.2. The number of rotatable bonds is 4. The number of aromatic nitrogens is 4. The number of H-pyrrole nitrogens is 1. The molecule has 0 bridgehead atoms. The molecule has 0 aromatic carbocycles. The monoisotopic (exact) mass is 287 g/mol. The van der Waals surface area contributed by atoms with Crippen LogP contribution >= 0.6 is 0 Å².